The zero-order valence-corrected chi connectivity index (χ0v) is 13.0. The molecular formula is C16H18F2N4O2. The van der Waals surface area contributed by atoms with Gasteiger partial charge in [0.25, 0.3) is 0 Å². The molecule has 8 heteroatoms. The topological polar surface area (TPSA) is 80.1 Å². The molecule has 0 unspecified atom stereocenters. The first-order chi connectivity index (χ1) is 11.6. The number of amides is 2. The van der Waals surface area contributed by atoms with Gasteiger partial charge in [-0.25, -0.2) is 13.6 Å². The Morgan fingerprint density at radius 3 is 2.75 bits per heavy atom. The Balaban J connectivity index is 1.53. The number of urea groups is 1. The Bertz CT molecular complexity index is 714. The van der Waals surface area contributed by atoms with Gasteiger partial charge in [-0.05, 0) is 31.0 Å². The predicted octanol–water partition coefficient (Wildman–Crippen LogP) is 3.15. The van der Waals surface area contributed by atoms with E-state index >= 15 is 0 Å². The third kappa shape index (κ3) is 4.06. The molecule has 6 nitrogen and oxygen atoms in total. The quantitative estimate of drug-likeness (QED) is 0.899. The van der Waals surface area contributed by atoms with E-state index in [4.69, 9.17) is 4.52 Å². The number of halogens is 2. The van der Waals surface area contributed by atoms with Crippen molar-refractivity contribution in [2.45, 2.75) is 44.7 Å². The van der Waals surface area contributed by atoms with Gasteiger partial charge in [0.1, 0.15) is 0 Å². The van der Waals surface area contributed by atoms with Gasteiger partial charge < -0.3 is 15.2 Å². The minimum absolute atomic E-state index is 0.0647. The maximum atomic E-state index is 13.2. The van der Waals surface area contributed by atoms with Crippen LogP contribution in [0.3, 0.4) is 0 Å². The fourth-order valence-electron chi connectivity index (χ4n) is 2.72. The zero-order valence-electron chi connectivity index (χ0n) is 13.0. The highest BCUT2D eigenvalue weighted by molar-refractivity contribution is 5.74. The zero-order chi connectivity index (χ0) is 16.9. The molecule has 0 spiro atoms. The SMILES string of the molecule is O=C(NCc1nc(-c2ccc(F)c(F)c2)no1)NC1CCCCC1. The molecule has 0 bridgehead atoms. The van der Waals surface area contributed by atoms with Crippen LogP contribution < -0.4 is 10.6 Å². The van der Waals surface area contributed by atoms with Crippen molar-refractivity contribution < 1.29 is 18.1 Å². The second-order valence-electron chi connectivity index (χ2n) is 5.80. The van der Waals surface area contributed by atoms with Crippen LogP contribution in [-0.2, 0) is 6.54 Å². The molecule has 2 aromatic rings. The van der Waals surface area contributed by atoms with Crippen LogP contribution in [0.2, 0.25) is 0 Å². The summed E-state index contributed by atoms with van der Waals surface area (Å²) in [6.07, 6.45) is 5.47. The minimum Gasteiger partial charge on any atom is -0.337 e. The van der Waals surface area contributed by atoms with Crippen molar-refractivity contribution in [3.63, 3.8) is 0 Å². The van der Waals surface area contributed by atoms with Crippen LogP contribution in [0.25, 0.3) is 11.4 Å². The molecule has 1 aromatic heterocycles. The number of nitrogens with one attached hydrogen (secondary N) is 2. The smallest absolute Gasteiger partial charge is 0.315 e. The maximum absolute atomic E-state index is 13.2. The van der Waals surface area contributed by atoms with Gasteiger partial charge >= 0.3 is 6.03 Å². The lowest BCUT2D eigenvalue weighted by atomic mass is 9.96. The minimum atomic E-state index is -0.983. The number of carbonyl (C=O) groups is 1. The molecule has 0 aliphatic heterocycles. The molecule has 1 aromatic carbocycles. The third-order valence-electron chi connectivity index (χ3n) is 3.99. The van der Waals surface area contributed by atoms with Gasteiger partial charge in [-0.15, -0.1) is 0 Å². The first kappa shape index (κ1) is 16.4. The Kier molecular flexibility index (Phi) is 5.02. The Morgan fingerprint density at radius 2 is 2.00 bits per heavy atom. The van der Waals surface area contributed by atoms with Crippen molar-refractivity contribution in [3.8, 4) is 11.4 Å². The lowest BCUT2D eigenvalue weighted by Crippen LogP contribution is -2.42. The summed E-state index contributed by atoms with van der Waals surface area (Å²) in [5.41, 5.74) is 0.301. The summed E-state index contributed by atoms with van der Waals surface area (Å²) in [6, 6.07) is 3.27. The van der Waals surface area contributed by atoms with Gasteiger partial charge in [-0.2, -0.15) is 4.98 Å². The molecule has 0 saturated heterocycles. The van der Waals surface area contributed by atoms with Crippen LogP contribution in [0, 0.1) is 11.6 Å². The number of benzene rings is 1. The summed E-state index contributed by atoms with van der Waals surface area (Å²) in [5.74, 6) is -1.60. The molecule has 0 radical (unpaired) electrons. The molecule has 1 heterocycles. The summed E-state index contributed by atoms with van der Waals surface area (Å²) < 4.78 is 31.2. The fraction of sp³-hybridized carbons (Fsp3) is 0.438. The molecule has 2 amide bonds. The summed E-state index contributed by atoms with van der Waals surface area (Å²) in [5, 5.41) is 9.27. The highest BCUT2D eigenvalue weighted by Crippen LogP contribution is 2.19. The number of rotatable bonds is 4. The second kappa shape index (κ2) is 7.37. The fourth-order valence-corrected chi connectivity index (χ4v) is 2.72. The summed E-state index contributed by atoms with van der Waals surface area (Å²) in [4.78, 5) is 15.9. The molecule has 0 atom stereocenters. The molecular weight excluding hydrogens is 318 g/mol. The van der Waals surface area contributed by atoms with Crippen molar-refractivity contribution in [1.82, 2.24) is 20.8 Å². The number of nitrogens with zero attached hydrogens (tertiary/aromatic N) is 2. The van der Waals surface area contributed by atoms with Crippen molar-refractivity contribution in [2.75, 3.05) is 0 Å². The first-order valence-corrected chi connectivity index (χ1v) is 7.94. The third-order valence-corrected chi connectivity index (χ3v) is 3.99. The van der Waals surface area contributed by atoms with E-state index in [2.05, 4.69) is 20.8 Å². The highest BCUT2D eigenvalue weighted by atomic mass is 19.2. The van der Waals surface area contributed by atoms with Crippen molar-refractivity contribution in [3.05, 3.63) is 35.7 Å². The van der Waals surface area contributed by atoms with E-state index in [0.717, 1.165) is 37.8 Å². The predicted molar refractivity (Wildman–Crippen MR) is 81.9 cm³/mol. The van der Waals surface area contributed by atoms with E-state index in [0.29, 0.717) is 5.56 Å². The van der Waals surface area contributed by atoms with E-state index in [-0.39, 0.29) is 30.3 Å². The molecule has 2 N–H and O–H groups in total. The number of carbonyl (C=O) groups excluding carboxylic acids is 1. The van der Waals surface area contributed by atoms with E-state index in [9.17, 15) is 13.6 Å². The normalized spacial score (nSPS) is 15.2. The average Bonchev–Trinajstić information content (AvgIpc) is 3.05. The molecule has 24 heavy (non-hydrogen) atoms. The van der Waals surface area contributed by atoms with E-state index < -0.39 is 11.6 Å². The van der Waals surface area contributed by atoms with Gasteiger partial charge in [-0.1, -0.05) is 24.4 Å². The second-order valence-corrected chi connectivity index (χ2v) is 5.80. The van der Waals surface area contributed by atoms with Gasteiger partial charge in [0, 0.05) is 11.6 Å². The van der Waals surface area contributed by atoms with Gasteiger partial charge in [-0.3, -0.25) is 0 Å². The van der Waals surface area contributed by atoms with Crippen LogP contribution in [-0.4, -0.2) is 22.2 Å². The standard InChI is InChI=1S/C16H18F2N4O2/c17-12-7-6-10(8-13(12)18)15-21-14(24-22-15)9-19-16(23)20-11-4-2-1-3-5-11/h6-8,11H,1-5,9H2,(H2,19,20,23). The van der Waals surface area contributed by atoms with Gasteiger partial charge in [0.15, 0.2) is 11.6 Å². The van der Waals surface area contributed by atoms with E-state index in [1.165, 1.54) is 12.5 Å². The van der Waals surface area contributed by atoms with Crippen LogP contribution in [0.5, 0.6) is 0 Å². The van der Waals surface area contributed by atoms with Gasteiger partial charge in [0.05, 0.1) is 6.54 Å². The summed E-state index contributed by atoms with van der Waals surface area (Å²) >= 11 is 0. The van der Waals surface area contributed by atoms with E-state index in [1.807, 2.05) is 0 Å². The lowest BCUT2D eigenvalue weighted by molar-refractivity contribution is 0.230. The largest absolute Gasteiger partial charge is 0.337 e. The molecule has 1 aliphatic carbocycles. The Morgan fingerprint density at radius 1 is 1.21 bits per heavy atom. The summed E-state index contributed by atoms with van der Waals surface area (Å²) in [7, 11) is 0. The highest BCUT2D eigenvalue weighted by Gasteiger charge is 2.16. The first-order valence-electron chi connectivity index (χ1n) is 7.94. The van der Waals surface area contributed by atoms with Crippen molar-refractivity contribution >= 4 is 6.03 Å². The number of aromatic nitrogens is 2. The molecule has 1 fully saturated rings. The molecule has 128 valence electrons. The van der Waals surface area contributed by atoms with Gasteiger partial charge in [0.2, 0.25) is 11.7 Å². The van der Waals surface area contributed by atoms with Crippen LogP contribution >= 0.6 is 0 Å². The van der Waals surface area contributed by atoms with Crippen LogP contribution in [0.1, 0.15) is 38.0 Å². The van der Waals surface area contributed by atoms with Crippen LogP contribution in [0.4, 0.5) is 13.6 Å². The Hall–Kier alpha value is -2.51. The summed E-state index contributed by atoms with van der Waals surface area (Å²) in [6.45, 7) is 0.0647. The van der Waals surface area contributed by atoms with Crippen molar-refractivity contribution in [2.24, 2.45) is 0 Å². The van der Waals surface area contributed by atoms with Crippen molar-refractivity contribution in [1.29, 1.82) is 0 Å². The number of hydrogen-bond acceptors (Lipinski definition) is 4. The Labute approximate surface area is 137 Å². The van der Waals surface area contributed by atoms with Crippen LogP contribution in [0.15, 0.2) is 22.7 Å². The lowest BCUT2D eigenvalue weighted by Gasteiger charge is -2.22. The molecule has 1 aliphatic rings. The molecule has 3 rings (SSSR count). The number of hydrogen-bond donors (Lipinski definition) is 2. The molecule has 1 saturated carbocycles. The van der Waals surface area contributed by atoms with E-state index in [1.54, 1.807) is 0 Å². The average molecular weight is 336 g/mol. The monoisotopic (exact) mass is 336 g/mol. The maximum Gasteiger partial charge on any atom is 0.315 e.